The third kappa shape index (κ3) is 3.18. The highest BCUT2D eigenvalue weighted by atomic mass is 16.6. The highest BCUT2D eigenvalue weighted by Gasteiger charge is 2.13. The molecule has 0 heterocycles. The van der Waals surface area contributed by atoms with Crippen LogP contribution in [-0.4, -0.2) is 15.9 Å². The average molecular weight is 272 g/mol. The summed E-state index contributed by atoms with van der Waals surface area (Å²) in [6.07, 6.45) is -1.22. The molecule has 2 aromatic carbocycles. The Morgan fingerprint density at radius 3 is 2.25 bits per heavy atom. The lowest BCUT2D eigenvalue weighted by Gasteiger charge is -2.13. The van der Waals surface area contributed by atoms with Crippen LogP contribution in [0.4, 0.5) is 5.69 Å². The summed E-state index contributed by atoms with van der Waals surface area (Å²) in [6.45, 7) is 0. The molecule has 0 aliphatic carbocycles. The maximum Gasteiger partial charge on any atom is 0.269 e. The number of benzene rings is 2. The number of hydrogen-bond acceptors (Lipinski definition) is 4. The molecule has 0 aliphatic rings. The molecule has 0 radical (unpaired) electrons. The summed E-state index contributed by atoms with van der Waals surface area (Å²) in [4.78, 5) is 21.8. The molecule has 6 nitrogen and oxygen atoms in total. The molecule has 2 aromatic rings. The van der Waals surface area contributed by atoms with E-state index >= 15 is 0 Å². The van der Waals surface area contributed by atoms with Gasteiger partial charge in [0.1, 0.15) is 0 Å². The molecule has 0 aromatic heterocycles. The summed E-state index contributed by atoms with van der Waals surface area (Å²) in [6, 6.07) is 13.8. The van der Waals surface area contributed by atoms with E-state index in [4.69, 9.17) is 0 Å². The fourth-order valence-electron chi connectivity index (χ4n) is 1.66. The number of aliphatic hydroxyl groups excluding tert-OH is 1. The van der Waals surface area contributed by atoms with E-state index in [1.807, 2.05) is 0 Å². The number of rotatable bonds is 4. The molecule has 0 saturated heterocycles. The van der Waals surface area contributed by atoms with Crippen molar-refractivity contribution < 1.29 is 14.8 Å². The van der Waals surface area contributed by atoms with E-state index in [9.17, 15) is 20.0 Å². The number of nitro benzene ring substituents is 1. The zero-order valence-electron chi connectivity index (χ0n) is 10.4. The largest absolute Gasteiger partial charge is 0.369 e. The highest BCUT2D eigenvalue weighted by molar-refractivity contribution is 5.94. The zero-order valence-corrected chi connectivity index (χ0v) is 10.4. The van der Waals surface area contributed by atoms with Gasteiger partial charge in [0.25, 0.3) is 11.6 Å². The first-order chi connectivity index (χ1) is 9.58. The smallest absolute Gasteiger partial charge is 0.269 e. The van der Waals surface area contributed by atoms with Crippen molar-refractivity contribution >= 4 is 11.6 Å². The van der Waals surface area contributed by atoms with Gasteiger partial charge in [0, 0.05) is 23.3 Å². The molecule has 2 N–H and O–H groups in total. The van der Waals surface area contributed by atoms with Gasteiger partial charge in [0.2, 0.25) is 0 Å². The van der Waals surface area contributed by atoms with Gasteiger partial charge in [0.05, 0.1) is 4.92 Å². The number of non-ortho nitro benzene ring substituents is 1. The fraction of sp³-hybridized carbons (Fsp3) is 0.0714. The van der Waals surface area contributed by atoms with Gasteiger partial charge in [-0.25, -0.2) is 0 Å². The van der Waals surface area contributed by atoms with E-state index in [-0.39, 0.29) is 5.69 Å². The first kappa shape index (κ1) is 13.7. The van der Waals surface area contributed by atoms with Crippen molar-refractivity contribution in [2.24, 2.45) is 0 Å². The van der Waals surface area contributed by atoms with Crippen LogP contribution in [0.25, 0.3) is 0 Å². The number of carbonyl (C=O) groups excluding carboxylic acids is 1. The molecule has 0 fully saturated rings. The third-order valence-electron chi connectivity index (χ3n) is 2.72. The Morgan fingerprint density at radius 1 is 1.10 bits per heavy atom. The predicted molar refractivity (Wildman–Crippen MR) is 72.0 cm³/mol. The minimum Gasteiger partial charge on any atom is -0.369 e. The van der Waals surface area contributed by atoms with Crippen molar-refractivity contribution in [1.29, 1.82) is 0 Å². The second kappa shape index (κ2) is 5.94. The van der Waals surface area contributed by atoms with Crippen LogP contribution in [0.15, 0.2) is 54.6 Å². The monoisotopic (exact) mass is 272 g/mol. The Balaban J connectivity index is 2.06. The molecule has 0 bridgehead atoms. The minimum atomic E-state index is -1.22. The maximum atomic E-state index is 11.8. The van der Waals surface area contributed by atoms with Crippen molar-refractivity contribution in [1.82, 2.24) is 5.32 Å². The van der Waals surface area contributed by atoms with Crippen LogP contribution in [0.2, 0.25) is 0 Å². The molecule has 1 unspecified atom stereocenters. The summed E-state index contributed by atoms with van der Waals surface area (Å²) in [5.74, 6) is -0.420. The van der Waals surface area contributed by atoms with Crippen LogP contribution in [0.1, 0.15) is 22.1 Å². The molecule has 6 heteroatoms. The van der Waals surface area contributed by atoms with E-state index in [1.165, 1.54) is 24.3 Å². The topological polar surface area (TPSA) is 92.5 Å². The van der Waals surface area contributed by atoms with E-state index in [1.54, 1.807) is 30.3 Å². The van der Waals surface area contributed by atoms with Crippen LogP contribution < -0.4 is 5.32 Å². The van der Waals surface area contributed by atoms with Crippen molar-refractivity contribution in [3.63, 3.8) is 0 Å². The first-order valence-corrected chi connectivity index (χ1v) is 5.86. The Hall–Kier alpha value is -2.73. The SMILES string of the molecule is O=C(NC(O)c1ccc([N+](=O)[O-])cc1)c1ccccc1. The fourth-order valence-corrected chi connectivity index (χ4v) is 1.66. The number of nitro groups is 1. The number of nitrogens with one attached hydrogen (secondary N) is 1. The predicted octanol–water partition coefficient (Wildman–Crippen LogP) is 2.02. The summed E-state index contributed by atoms with van der Waals surface area (Å²) in [7, 11) is 0. The number of hydrogen-bond donors (Lipinski definition) is 2. The molecular weight excluding hydrogens is 260 g/mol. The van der Waals surface area contributed by atoms with Gasteiger partial charge in [-0.3, -0.25) is 14.9 Å². The Morgan fingerprint density at radius 2 is 1.70 bits per heavy atom. The van der Waals surface area contributed by atoms with Gasteiger partial charge in [0.15, 0.2) is 6.23 Å². The molecular formula is C14H12N2O4. The average Bonchev–Trinajstić information content (AvgIpc) is 2.48. The lowest BCUT2D eigenvalue weighted by atomic mass is 10.1. The van der Waals surface area contributed by atoms with E-state index < -0.39 is 17.1 Å². The number of carbonyl (C=O) groups is 1. The van der Waals surface area contributed by atoms with Crippen LogP contribution in [0.5, 0.6) is 0 Å². The molecule has 20 heavy (non-hydrogen) atoms. The van der Waals surface area contributed by atoms with Crippen molar-refractivity contribution in [3.05, 3.63) is 75.8 Å². The molecule has 0 aliphatic heterocycles. The quantitative estimate of drug-likeness (QED) is 0.506. The van der Waals surface area contributed by atoms with Crippen molar-refractivity contribution in [3.8, 4) is 0 Å². The maximum absolute atomic E-state index is 11.8. The van der Waals surface area contributed by atoms with Crippen LogP contribution >= 0.6 is 0 Å². The Labute approximate surface area is 114 Å². The van der Waals surface area contributed by atoms with Crippen molar-refractivity contribution in [2.75, 3.05) is 0 Å². The van der Waals surface area contributed by atoms with Crippen LogP contribution in [-0.2, 0) is 0 Å². The molecule has 102 valence electrons. The van der Waals surface area contributed by atoms with Crippen LogP contribution in [0, 0.1) is 10.1 Å². The van der Waals surface area contributed by atoms with Gasteiger partial charge in [-0.2, -0.15) is 0 Å². The Kier molecular flexibility index (Phi) is 4.07. The van der Waals surface area contributed by atoms with Gasteiger partial charge < -0.3 is 10.4 Å². The lowest BCUT2D eigenvalue weighted by molar-refractivity contribution is -0.384. The zero-order chi connectivity index (χ0) is 14.5. The van der Waals surface area contributed by atoms with Gasteiger partial charge in [-0.1, -0.05) is 18.2 Å². The molecule has 1 amide bonds. The number of aliphatic hydroxyl groups is 1. The van der Waals surface area contributed by atoms with E-state index in [0.717, 1.165) is 0 Å². The first-order valence-electron chi connectivity index (χ1n) is 5.86. The summed E-state index contributed by atoms with van der Waals surface area (Å²) < 4.78 is 0. The highest BCUT2D eigenvalue weighted by Crippen LogP contribution is 2.16. The van der Waals surface area contributed by atoms with E-state index in [0.29, 0.717) is 11.1 Å². The Bertz CT molecular complexity index is 611. The molecule has 0 saturated carbocycles. The second-order valence-electron chi connectivity index (χ2n) is 4.09. The normalized spacial score (nSPS) is 11.7. The van der Waals surface area contributed by atoms with Crippen molar-refractivity contribution in [2.45, 2.75) is 6.23 Å². The number of nitrogens with zero attached hydrogens (tertiary/aromatic N) is 1. The number of amides is 1. The third-order valence-corrected chi connectivity index (χ3v) is 2.72. The standard InChI is InChI=1S/C14H12N2O4/c17-13(10-4-2-1-3-5-10)15-14(18)11-6-8-12(9-7-11)16(19)20/h1-9,14,18H,(H,15,17). The lowest BCUT2D eigenvalue weighted by Crippen LogP contribution is -2.28. The minimum absolute atomic E-state index is 0.0738. The second-order valence-corrected chi connectivity index (χ2v) is 4.09. The molecule has 2 rings (SSSR count). The summed E-state index contributed by atoms with van der Waals surface area (Å²) in [5, 5.41) is 22.8. The molecule has 1 atom stereocenters. The van der Waals surface area contributed by atoms with E-state index in [2.05, 4.69) is 5.32 Å². The summed E-state index contributed by atoms with van der Waals surface area (Å²) >= 11 is 0. The van der Waals surface area contributed by atoms with Gasteiger partial charge in [-0.15, -0.1) is 0 Å². The van der Waals surface area contributed by atoms with Gasteiger partial charge >= 0.3 is 0 Å². The summed E-state index contributed by atoms with van der Waals surface area (Å²) in [5.41, 5.74) is 0.726. The van der Waals surface area contributed by atoms with Gasteiger partial charge in [-0.05, 0) is 24.3 Å². The van der Waals surface area contributed by atoms with Crippen LogP contribution in [0.3, 0.4) is 0 Å². The molecule has 0 spiro atoms.